The minimum Gasteiger partial charge on any atom is -0.340 e. The number of imidazole rings is 1. The number of thiophene rings is 1. The average Bonchev–Trinajstić information content (AvgIpc) is 3.15. The van der Waals surface area contributed by atoms with Crippen molar-refractivity contribution in [3.63, 3.8) is 0 Å². The van der Waals surface area contributed by atoms with E-state index in [4.69, 9.17) is 0 Å². The van der Waals surface area contributed by atoms with Gasteiger partial charge in [0.15, 0.2) is 0 Å². The van der Waals surface area contributed by atoms with Crippen LogP contribution in [0.5, 0.6) is 0 Å². The van der Waals surface area contributed by atoms with E-state index < -0.39 is 0 Å². The quantitative estimate of drug-likeness (QED) is 0.754. The highest BCUT2D eigenvalue weighted by atomic mass is 32.1. The lowest BCUT2D eigenvalue weighted by molar-refractivity contribution is 0.480. The van der Waals surface area contributed by atoms with Crippen LogP contribution in [0.25, 0.3) is 10.6 Å². The van der Waals surface area contributed by atoms with Crippen LogP contribution in [0.3, 0.4) is 0 Å². The van der Waals surface area contributed by atoms with Crippen molar-refractivity contribution in [1.29, 1.82) is 0 Å². The number of rotatable bonds is 2. The summed E-state index contributed by atoms with van der Waals surface area (Å²) in [7, 11) is 0. The van der Waals surface area contributed by atoms with Crippen LogP contribution in [0, 0.1) is 6.92 Å². The second-order valence-corrected chi connectivity index (χ2v) is 6.44. The summed E-state index contributed by atoms with van der Waals surface area (Å²) in [5, 5.41) is 5.70. The Morgan fingerprint density at radius 3 is 2.86 bits per heavy atom. The maximum Gasteiger partial charge on any atom is 0.124 e. The van der Waals surface area contributed by atoms with Gasteiger partial charge in [-0.25, -0.2) is 4.98 Å². The van der Waals surface area contributed by atoms with Crippen LogP contribution in [0.2, 0.25) is 0 Å². The van der Waals surface area contributed by atoms with Gasteiger partial charge in [0.2, 0.25) is 0 Å². The number of aromatic nitrogens is 2. The molecule has 21 heavy (non-hydrogen) atoms. The topological polar surface area (TPSA) is 40.7 Å². The predicted molar refractivity (Wildman–Crippen MR) is 86.4 cm³/mol. The molecule has 1 atom stereocenters. The fourth-order valence-electron chi connectivity index (χ4n) is 2.93. The Morgan fingerprint density at radius 1 is 1.19 bits per heavy atom. The Labute approximate surface area is 128 Å². The molecule has 3 nitrogen and oxygen atoms in total. The molecule has 1 unspecified atom stereocenters. The van der Waals surface area contributed by atoms with Crippen molar-refractivity contribution in [2.45, 2.75) is 25.9 Å². The van der Waals surface area contributed by atoms with Crippen LogP contribution >= 0.6 is 11.3 Å². The Morgan fingerprint density at radius 2 is 2.05 bits per heavy atom. The number of nitrogens with one attached hydrogen (secondary N) is 2. The van der Waals surface area contributed by atoms with Crippen LogP contribution in [-0.4, -0.2) is 9.97 Å². The highest BCUT2D eigenvalue weighted by molar-refractivity contribution is 7.13. The van der Waals surface area contributed by atoms with Gasteiger partial charge < -0.3 is 10.3 Å². The van der Waals surface area contributed by atoms with E-state index in [1.54, 1.807) is 11.3 Å². The lowest BCUT2D eigenvalue weighted by Crippen LogP contribution is -2.29. The average molecular weight is 295 g/mol. The zero-order valence-electron chi connectivity index (χ0n) is 11.9. The first-order chi connectivity index (χ1) is 10.3. The molecule has 0 saturated carbocycles. The van der Waals surface area contributed by atoms with E-state index in [1.165, 1.54) is 21.6 Å². The molecule has 0 spiro atoms. The SMILES string of the molecule is Cc1ccsc1-c1cnc(C2Cc3ccccc3CN2)[nH]1. The maximum atomic E-state index is 4.60. The first-order valence-corrected chi connectivity index (χ1v) is 8.09. The molecule has 1 aliphatic heterocycles. The van der Waals surface area contributed by atoms with Crippen LogP contribution in [0.4, 0.5) is 0 Å². The molecule has 2 N–H and O–H groups in total. The van der Waals surface area contributed by atoms with Gasteiger partial charge in [0, 0.05) is 6.54 Å². The second kappa shape index (κ2) is 5.13. The number of benzene rings is 1. The molecule has 4 heteroatoms. The zero-order chi connectivity index (χ0) is 14.2. The number of nitrogens with zero attached hydrogens (tertiary/aromatic N) is 1. The summed E-state index contributed by atoms with van der Waals surface area (Å²) in [6, 6.07) is 11.1. The van der Waals surface area contributed by atoms with Crippen molar-refractivity contribution >= 4 is 11.3 Å². The molecule has 3 aromatic rings. The number of hydrogen-bond acceptors (Lipinski definition) is 3. The maximum absolute atomic E-state index is 4.60. The third-order valence-electron chi connectivity index (χ3n) is 4.11. The number of fused-ring (bicyclic) bond motifs is 1. The van der Waals surface area contributed by atoms with Gasteiger partial charge in [-0.1, -0.05) is 24.3 Å². The minimum atomic E-state index is 0.272. The van der Waals surface area contributed by atoms with Crippen LogP contribution in [0.15, 0.2) is 41.9 Å². The monoisotopic (exact) mass is 295 g/mol. The molecule has 0 fully saturated rings. The molecule has 0 radical (unpaired) electrons. The van der Waals surface area contributed by atoms with Gasteiger partial charge in [-0.2, -0.15) is 0 Å². The standard InChI is InChI=1S/C17H17N3S/c1-11-6-7-21-16(11)15-10-19-17(20-15)14-8-12-4-2-3-5-13(12)9-18-14/h2-7,10,14,18H,8-9H2,1H3,(H,19,20). The fraction of sp³-hybridized carbons (Fsp3) is 0.235. The molecule has 4 rings (SSSR count). The van der Waals surface area contributed by atoms with Crippen molar-refractivity contribution in [3.05, 3.63) is 64.4 Å². The summed E-state index contributed by atoms with van der Waals surface area (Å²) in [4.78, 5) is 9.37. The van der Waals surface area contributed by atoms with Gasteiger partial charge in [-0.15, -0.1) is 11.3 Å². The van der Waals surface area contributed by atoms with Crippen LogP contribution in [0.1, 0.15) is 28.6 Å². The molecule has 3 heterocycles. The third-order valence-corrected chi connectivity index (χ3v) is 5.16. The number of aromatic amines is 1. The normalized spacial score (nSPS) is 17.7. The van der Waals surface area contributed by atoms with E-state index in [-0.39, 0.29) is 6.04 Å². The molecule has 0 aliphatic carbocycles. The largest absolute Gasteiger partial charge is 0.340 e. The molecular weight excluding hydrogens is 278 g/mol. The summed E-state index contributed by atoms with van der Waals surface area (Å²) >= 11 is 1.76. The van der Waals surface area contributed by atoms with Crippen molar-refractivity contribution in [2.75, 3.05) is 0 Å². The van der Waals surface area contributed by atoms with Gasteiger partial charge in [-0.3, -0.25) is 0 Å². The fourth-order valence-corrected chi connectivity index (χ4v) is 3.82. The van der Waals surface area contributed by atoms with Gasteiger partial charge in [0.1, 0.15) is 5.82 Å². The Hall–Kier alpha value is -1.91. The number of aryl methyl sites for hydroxylation is 1. The lowest BCUT2D eigenvalue weighted by atomic mass is 9.96. The molecule has 2 aromatic heterocycles. The summed E-state index contributed by atoms with van der Waals surface area (Å²) in [6.07, 6.45) is 2.95. The zero-order valence-corrected chi connectivity index (χ0v) is 12.7. The van der Waals surface area contributed by atoms with E-state index >= 15 is 0 Å². The van der Waals surface area contributed by atoms with Crippen molar-refractivity contribution in [3.8, 4) is 10.6 Å². The summed E-state index contributed by atoms with van der Waals surface area (Å²) in [5.41, 5.74) is 5.25. The highest BCUT2D eigenvalue weighted by Gasteiger charge is 2.21. The van der Waals surface area contributed by atoms with Crippen molar-refractivity contribution in [1.82, 2.24) is 15.3 Å². The molecule has 0 amide bonds. The van der Waals surface area contributed by atoms with E-state index in [9.17, 15) is 0 Å². The van der Waals surface area contributed by atoms with E-state index in [0.717, 1.165) is 24.5 Å². The highest BCUT2D eigenvalue weighted by Crippen LogP contribution is 2.30. The first kappa shape index (κ1) is 12.8. The third kappa shape index (κ3) is 2.30. The Bertz CT molecular complexity index is 772. The van der Waals surface area contributed by atoms with Gasteiger partial charge >= 0.3 is 0 Å². The molecule has 106 valence electrons. The predicted octanol–water partition coefficient (Wildman–Crippen LogP) is 3.83. The van der Waals surface area contributed by atoms with Crippen LogP contribution < -0.4 is 5.32 Å². The molecular formula is C17H17N3S. The Balaban J connectivity index is 1.61. The summed E-state index contributed by atoms with van der Waals surface area (Å²) in [5.74, 6) is 1.03. The molecule has 1 aliphatic rings. The lowest BCUT2D eigenvalue weighted by Gasteiger charge is -2.24. The number of H-pyrrole nitrogens is 1. The van der Waals surface area contributed by atoms with E-state index in [0.29, 0.717) is 0 Å². The first-order valence-electron chi connectivity index (χ1n) is 7.21. The van der Waals surface area contributed by atoms with Crippen molar-refractivity contribution < 1.29 is 0 Å². The Kier molecular flexibility index (Phi) is 3.13. The van der Waals surface area contributed by atoms with E-state index in [2.05, 4.69) is 57.9 Å². The smallest absolute Gasteiger partial charge is 0.124 e. The minimum absolute atomic E-state index is 0.272. The van der Waals surface area contributed by atoms with Gasteiger partial charge in [0.05, 0.1) is 22.8 Å². The molecule has 1 aromatic carbocycles. The summed E-state index contributed by atoms with van der Waals surface area (Å²) < 4.78 is 0. The van der Waals surface area contributed by atoms with Crippen LogP contribution in [-0.2, 0) is 13.0 Å². The second-order valence-electron chi connectivity index (χ2n) is 5.52. The van der Waals surface area contributed by atoms with Gasteiger partial charge in [0.25, 0.3) is 0 Å². The van der Waals surface area contributed by atoms with Gasteiger partial charge in [-0.05, 0) is 41.5 Å². The van der Waals surface area contributed by atoms with E-state index in [1.807, 2.05) is 6.20 Å². The molecule has 0 bridgehead atoms. The van der Waals surface area contributed by atoms with Crippen molar-refractivity contribution in [2.24, 2.45) is 0 Å². The summed E-state index contributed by atoms with van der Waals surface area (Å²) in [6.45, 7) is 3.05. The number of hydrogen-bond donors (Lipinski definition) is 2. The molecule has 0 saturated heterocycles.